The standard InChI is InChI=1S/C8H4O4S/c9-7(10)5-3-4-1-2-13-6(4)8(11)12-5/h1-3H,(H,9,10). The van der Waals surface area contributed by atoms with Gasteiger partial charge in [0.2, 0.25) is 5.76 Å². The first kappa shape index (κ1) is 8.00. The fraction of sp³-hybridized carbons (Fsp3) is 0. The maximum absolute atomic E-state index is 11.1. The van der Waals surface area contributed by atoms with Crippen molar-refractivity contribution in [1.29, 1.82) is 0 Å². The minimum atomic E-state index is -1.23. The van der Waals surface area contributed by atoms with Crippen molar-refractivity contribution in [1.82, 2.24) is 0 Å². The first-order valence-electron chi connectivity index (χ1n) is 3.43. The van der Waals surface area contributed by atoms with Gasteiger partial charge >= 0.3 is 11.6 Å². The van der Waals surface area contributed by atoms with E-state index in [1.54, 1.807) is 11.4 Å². The van der Waals surface area contributed by atoms with E-state index in [1.807, 2.05) is 0 Å². The lowest BCUT2D eigenvalue weighted by molar-refractivity contribution is 0.0658. The Morgan fingerprint density at radius 3 is 3.00 bits per heavy atom. The molecule has 13 heavy (non-hydrogen) atoms. The van der Waals surface area contributed by atoms with Crippen molar-refractivity contribution in [3.8, 4) is 0 Å². The van der Waals surface area contributed by atoms with Crippen LogP contribution in [0.4, 0.5) is 0 Å². The van der Waals surface area contributed by atoms with Gasteiger partial charge in [0.15, 0.2) is 0 Å². The van der Waals surface area contributed by atoms with Gasteiger partial charge in [0, 0.05) is 5.39 Å². The van der Waals surface area contributed by atoms with Crippen molar-refractivity contribution in [2.45, 2.75) is 0 Å². The smallest absolute Gasteiger partial charge is 0.371 e. The van der Waals surface area contributed by atoms with Gasteiger partial charge in [0.1, 0.15) is 4.70 Å². The molecule has 2 rings (SSSR count). The fourth-order valence-corrected chi connectivity index (χ4v) is 1.77. The molecule has 0 radical (unpaired) electrons. The molecule has 0 amide bonds. The number of carboxylic acid groups (broad SMARTS) is 1. The zero-order chi connectivity index (χ0) is 9.42. The van der Waals surface area contributed by atoms with E-state index in [2.05, 4.69) is 4.42 Å². The lowest BCUT2D eigenvalue weighted by Gasteiger charge is -1.91. The van der Waals surface area contributed by atoms with Crippen LogP contribution >= 0.6 is 11.3 Å². The van der Waals surface area contributed by atoms with E-state index in [0.29, 0.717) is 10.1 Å². The minimum absolute atomic E-state index is 0.323. The Labute approximate surface area is 76.0 Å². The monoisotopic (exact) mass is 196 g/mol. The summed E-state index contributed by atoms with van der Waals surface area (Å²) in [5.74, 6) is -1.55. The molecule has 0 atom stereocenters. The van der Waals surface area contributed by atoms with Crippen LogP contribution in [0.3, 0.4) is 0 Å². The molecule has 2 aromatic rings. The van der Waals surface area contributed by atoms with E-state index >= 15 is 0 Å². The summed E-state index contributed by atoms with van der Waals surface area (Å²) in [4.78, 5) is 21.6. The average molecular weight is 196 g/mol. The summed E-state index contributed by atoms with van der Waals surface area (Å²) in [5.41, 5.74) is -0.593. The number of hydrogen-bond acceptors (Lipinski definition) is 4. The Hall–Kier alpha value is -1.62. The molecular formula is C8H4O4S. The van der Waals surface area contributed by atoms with E-state index in [4.69, 9.17) is 5.11 Å². The first-order chi connectivity index (χ1) is 6.18. The quantitative estimate of drug-likeness (QED) is 0.751. The minimum Gasteiger partial charge on any atom is -0.475 e. The molecule has 0 aliphatic rings. The molecule has 0 spiro atoms. The SMILES string of the molecule is O=C(O)c1cc2ccsc2c(=O)o1. The van der Waals surface area contributed by atoms with Gasteiger partial charge in [-0.1, -0.05) is 0 Å². The Morgan fingerprint density at radius 1 is 1.54 bits per heavy atom. The number of fused-ring (bicyclic) bond motifs is 1. The summed E-state index contributed by atoms with van der Waals surface area (Å²) in [6.45, 7) is 0. The van der Waals surface area contributed by atoms with Crippen LogP contribution in [0.2, 0.25) is 0 Å². The molecule has 5 heteroatoms. The third-order valence-electron chi connectivity index (χ3n) is 1.58. The van der Waals surface area contributed by atoms with Gasteiger partial charge in [-0.2, -0.15) is 0 Å². The third kappa shape index (κ3) is 1.23. The molecule has 0 bridgehead atoms. The Kier molecular flexibility index (Phi) is 1.66. The maximum atomic E-state index is 11.1. The Morgan fingerprint density at radius 2 is 2.31 bits per heavy atom. The van der Waals surface area contributed by atoms with Crippen LogP contribution in [-0.2, 0) is 0 Å². The second-order valence-corrected chi connectivity index (χ2v) is 3.32. The van der Waals surface area contributed by atoms with Gasteiger partial charge in [-0.15, -0.1) is 11.3 Å². The zero-order valence-corrected chi connectivity index (χ0v) is 7.13. The fourth-order valence-electron chi connectivity index (χ4n) is 1.02. The van der Waals surface area contributed by atoms with Crippen molar-refractivity contribution in [2.75, 3.05) is 0 Å². The highest BCUT2D eigenvalue weighted by molar-refractivity contribution is 7.17. The summed E-state index contributed by atoms with van der Waals surface area (Å²) >= 11 is 1.24. The highest BCUT2D eigenvalue weighted by atomic mass is 32.1. The molecule has 0 fully saturated rings. The van der Waals surface area contributed by atoms with E-state index in [-0.39, 0.29) is 5.76 Å². The molecule has 2 aromatic heterocycles. The molecule has 2 heterocycles. The van der Waals surface area contributed by atoms with Gasteiger partial charge in [-0.05, 0) is 17.5 Å². The highest BCUT2D eigenvalue weighted by Crippen LogP contribution is 2.17. The summed E-state index contributed by atoms with van der Waals surface area (Å²) in [5, 5.41) is 10.9. The number of aromatic carboxylic acids is 1. The van der Waals surface area contributed by atoms with Gasteiger partial charge in [0.25, 0.3) is 0 Å². The van der Waals surface area contributed by atoms with Gasteiger partial charge in [-0.25, -0.2) is 9.59 Å². The summed E-state index contributed by atoms with van der Waals surface area (Å²) in [7, 11) is 0. The molecule has 0 aliphatic carbocycles. The number of carbonyl (C=O) groups is 1. The van der Waals surface area contributed by atoms with Crippen molar-refractivity contribution in [3.05, 3.63) is 33.7 Å². The van der Waals surface area contributed by atoms with Crippen LogP contribution in [0.5, 0.6) is 0 Å². The van der Waals surface area contributed by atoms with Crippen molar-refractivity contribution < 1.29 is 14.3 Å². The number of carboxylic acids is 1. The second kappa shape index (κ2) is 2.70. The Bertz CT molecular complexity index is 522. The topological polar surface area (TPSA) is 67.5 Å². The molecule has 0 saturated heterocycles. The largest absolute Gasteiger partial charge is 0.475 e. The van der Waals surface area contributed by atoms with Crippen LogP contribution in [-0.4, -0.2) is 11.1 Å². The summed E-state index contributed by atoms with van der Waals surface area (Å²) in [6.07, 6.45) is 0. The molecule has 4 nitrogen and oxygen atoms in total. The van der Waals surface area contributed by atoms with Gasteiger partial charge in [0.05, 0.1) is 0 Å². The normalized spacial score (nSPS) is 10.5. The Balaban J connectivity index is 2.85. The number of rotatable bonds is 1. The van der Waals surface area contributed by atoms with E-state index < -0.39 is 11.6 Å². The van der Waals surface area contributed by atoms with Crippen molar-refractivity contribution in [3.63, 3.8) is 0 Å². The van der Waals surface area contributed by atoms with E-state index in [1.165, 1.54) is 17.4 Å². The van der Waals surface area contributed by atoms with Crippen LogP contribution in [0.15, 0.2) is 26.7 Å². The summed E-state index contributed by atoms with van der Waals surface area (Å²) < 4.78 is 5.01. The van der Waals surface area contributed by atoms with Crippen molar-refractivity contribution >= 4 is 27.4 Å². The molecule has 0 aliphatic heterocycles. The van der Waals surface area contributed by atoms with Crippen LogP contribution in [0.1, 0.15) is 10.6 Å². The predicted molar refractivity (Wildman–Crippen MR) is 47.3 cm³/mol. The molecule has 0 saturated carbocycles. The van der Waals surface area contributed by atoms with Crippen LogP contribution < -0.4 is 5.63 Å². The first-order valence-corrected chi connectivity index (χ1v) is 4.31. The summed E-state index contributed by atoms with van der Waals surface area (Å²) in [6, 6.07) is 3.03. The molecule has 1 N–H and O–H groups in total. The third-order valence-corrected chi connectivity index (χ3v) is 2.49. The van der Waals surface area contributed by atoms with Crippen LogP contribution in [0.25, 0.3) is 10.1 Å². The van der Waals surface area contributed by atoms with Crippen LogP contribution in [0, 0.1) is 0 Å². The van der Waals surface area contributed by atoms with Crippen molar-refractivity contribution in [2.24, 2.45) is 0 Å². The lowest BCUT2D eigenvalue weighted by atomic mass is 10.3. The molecule has 0 aromatic carbocycles. The lowest BCUT2D eigenvalue weighted by Crippen LogP contribution is -2.04. The second-order valence-electron chi connectivity index (χ2n) is 2.41. The van der Waals surface area contributed by atoms with Gasteiger partial charge in [-0.3, -0.25) is 0 Å². The highest BCUT2D eigenvalue weighted by Gasteiger charge is 2.10. The number of hydrogen-bond donors (Lipinski definition) is 1. The van der Waals surface area contributed by atoms with E-state index in [9.17, 15) is 9.59 Å². The zero-order valence-electron chi connectivity index (χ0n) is 6.31. The molecule has 66 valence electrons. The van der Waals surface area contributed by atoms with E-state index in [0.717, 1.165) is 0 Å². The maximum Gasteiger partial charge on any atom is 0.371 e. The van der Waals surface area contributed by atoms with Gasteiger partial charge < -0.3 is 9.52 Å². The predicted octanol–water partition coefficient (Wildman–Crippen LogP) is 1.55. The molecule has 0 unspecified atom stereocenters. The number of thiophene rings is 1. The average Bonchev–Trinajstić information content (AvgIpc) is 2.51. The molecular weight excluding hydrogens is 192 g/mol.